The Balaban J connectivity index is 0.988. The fourth-order valence-electron chi connectivity index (χ4n) is 11.6. The van der Waals surface area contributed by atoms with Crippen molar-refractivity contribution in [2.75, 3.05) is 9.80 Å². The molecular weight excluding hydrogens is 945 g/mol. The zero-order valence-electron chi connectivity index (χ0n) is 41.1. The molecule has 7 nitrogen and oxygen atoms in total. The Labute approximate surface area is 441 Å². The molecule has 358 valence electrons. The topological polar surface area (TPSA) is 54.6 Å². The minimum atomic E-state index is 0.549. The number of rotatable bonds is 8. The third-order valence-corrected chi connectivity index (χ3v) is 15.1. The summed E-state index contributed by atoms with van der Waals surface area (Å²) in [5.74, 6) is 0. The predicted octanol–water partition coefficient (Wildman–Crippen LogP) is 21.1. The molecule has 15 rings (SSSR count). The molecule has 77 heavy (non-hydrogen) atoms. The second-order valence-electron chi connectivity index (χ2n) is 19.3. The van der Waals surface area contributed by atoms with Crippen molar-refractivity contribution in [2.24, 2.45) is 0 Å². The maximum Gasteiger partial charge on any atom is 0.187 e. The lowest BCUT2D eigenvalue weighted by molar-refractivity contribution is 0.668. The van der Waals surface area contributed by atoms with Crippen LogP contribution in [0.3, 0.4) is 0 Å². The molecule has 0 amide bonds. The second-order valence-corrected chi connectivity index (χ2v) is 19.3. The van der Waals surface area contributed by atoms with Crippen LogP contribution in [-0.4, -0.2) is 0 Å². The SMILES string of the molecule is [C-]#[N+]c1ccc(N(c2cc3oc4cc(N(c5ccc([N+]#[C-])cc5)c5cccc6c5oc5c(-c7ccccc7)cccc56)c5ccccc5c4c3c3ccccc23)c2cccc3c2oc2c(-c4ccccc4)cccc23)cc1. The molecule has 3 aromatic heterocycles. The summed E-state index contributed by atoms with van der Waals surface area (Å²) in [4.78, 5) is 12.0. The summed E-state index contributed by atoms with van der Waals surface area (Å²) < 4.78 is 21.5. The lowest BCUT2D eigenvalue weighted by Crippen LogP contribution is -2.11. The summed E-state index contributed by atoms with van der Waals surface area (Å²) >= 11 is 0. The van der Waals surface area contributed by atoms with Gasteiger partial charge in [-0.3, -0.25) is 0 Å². The second kappa shape index (κ2) is 17.4. The van der Waals surface area contributed by atoms with Crippen LogP contribution in [0.5, 0.6) is 0 Å². The average Bonchev–Trinajstić information content (AvgIpc) is 4.40. The van der Waals surface area contributed by atoms with Gasteiger partial charge in [0.1, 0.15) is 22.3 Å². The Bertz CT molecular complexity index is 4630. The van der Waals surface area contributed by atoms with Crippen LogP contribution in [0, 0.1) is 13.1 Å². The molecule has 0 spiro atoms. The van der Waals surface area contributed by atoms with Gasteiger partial charge in [0.25, 0.3) is 0 Å². The molecule has 0 aliphatic heterocycles. The van der Waals surface area contributed by atoms with E-state index in [1.807, 2.05) is 60.7 Å². The van der Waals surface area contributed by atoms with Gasteiger partial charge in [0.2, 0.25) is 0 Å². The van der Waals surface area contributed by atoms with Crippen molar-refractivity contribution in [1.29, 1.82) is 0 Å². The van der Waals surface area contributed by atoms with Crippen LogP contribution < -0.4 is 9.80 Å². The molecule has 0 unspecified atom stereocenters. The van der Waals surface area contributed by atoms with E-state index in [0.29, 0.717) is 22.5 Å². The minimum Gasteiger partial charge on any atom is -0.456 e. The molecule has 12 aromatic carbocycles. The number of nitrogens with zero attached hydrogens (tertiary/aromatic N) is 4. The molecule has 0 aliphatic carbocycles. The van der Waals surface area contributed by atoms with E-state index in [2.05, 4.69) is 201 Å². The maximum absolute atomic E-state index is 7.84. The highest BCUT2D eigenvalue weighted by atomic mass is 16.3. The van der Waals surface area contributed by atoms with Crippen molar-refractivity contribution >= 4 is 133 Å². The molecule has 0 saturated carbocycles. The number of fused-ring (bicyclic) bond motifs is 13. The van der Waals surface area contributed by atoms with E-state index in [9.17, 15) is 0 Å². The molecule has 0 saturated heterocycles. The molecule has 3 heterocycles. The van der Waals surface area contributed by atoms with E-state index in [0.717, 1.165) is 133 Å². The highest BCUT2D eigenvalue weighted by molar-refractivity contribution is 6.31. The Morgan fingerprint density at radius 2 is 0.636 bits per heavy atom. The van der Waals surface area contributed by atoms with Crippen LogP contribution in [0.4, 0.5) is 45.5 Å². The first-order valence-corrected chi connectivity index (χ1v) is 25.5. The third kappa shape index (κ3) is 6.82. The standard InChI is InChI=1S/C70H40N4O3/c1-71-45-33-37-47(38-34-45)73(59-31-15-29-57-55-27-13-25-49(67(55)76-69(57)59)43-17-5-3-6-18-43)61-41-63-65(53-23-11-9-21-51(53)61)66-54-24-12-10-22-52(54)62(42-64(66)75-63)74(48-39-35-46(72-2)36-40-48)60-32-16-30-58-56-28-14-26-50(68(56)77-70(58)60)44-19-7-4-8-20-44/h3-42H. The molecule has 15 aromatic rings. The summed E-state index contributed by atoms with van der Waals surface area (Å²) in [5.41, 5.74) is 15.0. The van der Waals surface area contributed by atoms with Crippen LogP contribution in [0.2, 0.25) is 0 Å². The van der Waals surface area contributed by atoms with Gasteiger partial charge < -0.3 is 23.1 Å². The van der Waals surface area contributed by atoms with Crippen LogP contribution in [0.25, 0.3) is 119 Å². The number of para-hydroxylation sites is 4. The Morgan fingerprint density at radius 3 is 1.04 bits per heavy atom. The quantitative estimate of drug-likeness (QED) is 0.142. The number of benzene rings is 12. The van der Waals surface area contributed by atoms with E-state index >= 15 is 0 Å². The van der Waals surface area contributed by atoms with Crippen molar-refractivity contribution in [3.05, 3.63) is 265 Å². The maximum atomic E-state index is 7.84. The first-order chi connectivity index (χ1) is 38.1. The smallest absolute Gasteiger partial charge is 0.187 e. The van der Waals surface area contributed by atoms with Gasteiger partial charge in [-0.2, -0.15) is 0 Å². The third-order valence-electron chi connectivity index (χ3n) is 15.1. The van der Waals surface area contributed by atoms with Crippen molar-refractivity contribution < 1.29 is 13.3 Å². The van der Waals surface area contributed by atoms with E-state index in [1.54, 1.807) is 0 Å². The number of furan rings is 3. The van der Waals surface area contributed by atoms with Gasteiger partial charge in [-0.05, 0) is 58.3 Å². The van der Waals surface area contributed by atoms with Crippen molar-refractivity contribution in [2.45, 2.75) is 0 Å². The summed E-state index contributed by atoms with van der Waals surface area (Å²) in [6.07, 6.45) is 0. The minimum absolute atomic E-state index is 0.549. The van der Waals surface area contributed by atoms with Gasteiger partial charge in [0.15, 0.2) is 22.5 Å². The van der Waals surface area contributed by atoms with Crippen LogP contribution in [0.15, 0.2) is 256 Å². The van der Waals surface area contributed by atoms with Crippen LogP contribution in [-0.2, 0) is 0 Å². The summed E-state index contributed by atoms with van der Waals surface area (Å²) in [6.45, 7) is 15.7. The molecule has 0 bridgehead atoms. The molecule has 0 radical (unpaired) electrons. The zero-order chi connectivity index (χ0) is 51.1. The average molecular weight is 985 g/mol. The zero-order valence-corrected chi connectivity index (χ0v) is 41.1. The van der Waals surface area contributed by atoms with Gasteiger partial charge in [-0.25, -0.2) is 9.69 Å². The fourth-order valence-corrected chi connectivity index (χ4v) is 11.6. The molecule has 7 heteroatoms. The lowest BCUT2D eigenvalue weighted by atomic mass is 9.96. The lowest BCUT2D eigenvalue weighted by Gasteiger charge is -2.27. The van der Waals surface area contributed by atoms with Gasteiger partial charge >= 0.3 is 0 Å². The van der Waals surface area contributed by atoms with E-state index in [-0.39, 0.29) is 0 Å². The van der Waals surface area contributed by atoms with Gasteiger partial charge in [-0.1, -0.05) is 194 Å². The normalized spacial score (nSPS) is 11.6. The highest BCUT2D eigenvalue weighted by Gasteiger charge is 2.28. The van der Waals surface area contributed by atoms with Crippen molar-refractivity contribution in [1.82, 2.24) is 0 Å². The van der Waals surface area contributed by atoms with Crippen LogP contribution >= 0.6 is 0 Å². The Kier molecular flexibility index (Phi) is 9.87. The highest BCUT2D eigenvalue weighted by Crippen LogP contribution is 2.52. The fraction of sp³-hybridized carbons (Fsp3) is 0. The molecular formula is C70H40N4O3. The predicted molar refractivity (Wildman–Crippen MR) is 316 cm³/mol. The summed E-state index contributed by atoms with van der Waals surface area (Å²) in [5, 5.41) is 10.1. The first-order valence-electron chi connectivity index (χ1n) is 25.5. The summed E-state index contributed by atoms with van der Waals surface area (Å²) in [7, 11) is 0. The number of hydrogen-bond donors (Lipinski definition) is 0. The summed E-state index contributed by atoms with van der Waals surface area (Å²) in [6, 6.07) is 82.9. The molecule has 0 aliphatic rings. The van der Waals surface area contributed by atoms with E-state index in [1.165, 1.54) is 0 Å². The number of anilines is 6. The van der Waals surface area contributed by atoms with Gasteiger partial charge in [0, 0.05) is 77.7 Å². The van der Waals surface area contributed by atoms with Crippen LogP contribution in [0.1, 0.15) is 0 Å². The van der Waals surface area contributed by atoms with Crippen molar-refractivity contribution in [3.63, 3.8) is 0 Å². The van der Waals surface area contributed by atoms with Crippen molar-refractivity contribution in [3.8, 4) is 22.3 Å². The van der Waals surface area contributed by atoms with Gasteiger partial charge in [-0.15, -0.1) is 0 Å². The Hall–Kier alpha value is -10.9. The molecule has 0 fully saturated rings. The molecule has 0 atom stereocenters. The van der Waals surface area contributed by atoms with Gasteiger partial charge in [0.05, 0.1) is 35.9 Å². The van der Waals surface area contributed by atoms with E-state index in [4.69, 9.17) is 26.4 Å². The largest absolute Gasteiger partial charge is 0.456 e. The van der Waals surface area contributed by atoms with E-state index < -0.39 is 0 Å². The monoisotopic (exact) mass is 984 g/mol. The number of hydrogen-bond acceptors (Lipinski definition) is 5. The Morgan fingerprint density at radius 1 is 0.286 bits per heavy atom. The first kappa shape index (κ1) is 43.7. The molecule has 0 N–H and O–H groups in total.